The first kappa shape index (κ1) is 13.2. The van der Waals surface area contributed by atoms with Crippen LogP contribution in [0.1, 0.15) is 23.0 Å². The molecule has 2 N–H and O–H groups in total. The van der Waals surface area contributed by atoms with E-state index >= 15 is 0 Å². The molecule has 0 atom stereocenters. The van der Waals surface area contributed by atoms with Crippen LogP contribution in [0.15, 0.2) is 29.1 Å². The Bertz CT molecular complexity index is 608. The second kappa shape index (κ2) is 5.62. The van der Waals surface area contributed by atoms with Gasteiger partial charge >= 0.3 is 0 Å². The Morgan fingerprint density at radius 3 is 2.63 bits per heavy atom. The minimum atomic E-state index is -0.243. The van der Waals surface area contributed by atoms with Gasteiger partial charge in [0.25, 0.3) is 5.91 Å². The maximum atomic E-state index is 11.8. The molecule has 0 spiro atoms. The normalized spacial score (nSPS) is 10.0. The minimum Gasteiger partial charge on any atom is -0.326 e. The van der Waals surface area contributed by atoms with Crippen molar-refractivity contribution in [1.82, 2.24) is 4.98 Å². The van der Waals surface area contributed by atoms with Crippen LogP contribution in [-0.4, -0.2) is 16.8 Å². The number of nitrogens with one attached hydrogen (secondary N) is 2. The zero-order chi connectivity index (χ0) is 13.8. The second-order valence-corrected chi connectivity index (χ2v) is 4.76. The number of hydrogen-bond acceptors (Lipinski definition) is 4. The molecule has 6 heteroatoms. The van der Waals surface area contributed by atoms with E-state index in [1.165, 1.54) is 18.3 Å². The van der Waals surface area contributed by atoms with Gasteiger partial charge in [-0.3, -0.25) is 9.59 Å². The average Bonchev–Trinajstić information content (AvgIpc) is 2.86. The molecule has 0 saturated heterocycles. The van der Waals surface area contributed by atoms with Gasteiger partial charge in [0.1, 0.15) is 5.69 Å². The van der Waals surface area contributed by atoms with Crippen LogP contribution in [0.3, 0.4) is 0 Å². The number of anilines is 2. The summed E-state index contributed by atoms with van der Waals surface area (Å²) >= 11 is 1.37. The quantitative estimate of drug-likeness (QED) is 0.904. The van der Waals surface area contributed by atoms with Gasteiger partial charge in [-0.2, -0.15) is 0 Å². The summed E-state index contributed by atoms with van der Waals surface area (Å²) in [5.41, 5.74) is 4.30. The van der Waals surface area contributed by atoms with E-state index in [1.807, 2.05) is 6.92 Å². The van der Waals surface area contributed by atoms with E-state index in [1.54, 1.807) is 29.1 Å². The summed E-state index contributed by atoms with van der Waals surface area (Å²) in [6.07, 6.45) is 0. The molecular formula is C13H13N3O2S. The van der Waals surface area contributed by atoms with Crippen LogP contribution in [-0.2, 0) is 4.79 Å². The number of benzene rings is 1. The smallest absolute Gasteiger partial charge is 0.275 e. The largest absolute Gasteiger partial charge is 0.326 e. The molecule has 0 aliphatic carbocycles. The number of thiazole rings is 1. The van der Waals surface area contributed by atoms with E-state index in [0.717, 1.165) is 11.3 Å². The lowest BCUT2D eigenvalue weighted by molar-refractivity contribution is -0.114. The Morgan fingerprint density at radius 2 is 2.05 bits per heavy atom. The van der Waals surface area contributed by atoms with Crippen molar-refractivity contribution >= 4 is 34.5 Å². The molecule has 0 bridgehead atoms. The second-order valence-electron chi connectivity index (χ2n) is 4.04. The molecule has 5 nitrogen and oxygen atoms in total. The average molecular weight is 275 g/mol. The fourth-order valence-corrected chi connectivity index (χ4v) is 2.12. The highest BCUT2D eigenvalue weighted by molar-refractivity contribution is 7.07. The Labute approximate surface area is 114 Å². The molecule has 0 saturated carbocycles. The lowest BCUT2D eigenvalue weighted by atomic mass is 10.1. The van der Waals surface area contributed by atoms with Gasteiger partial charge in [0.2, 0.25) is 5.91 Å². The summed E-state index contributed by atoms with van der Waals surface area (Å²) in [4.78, 5) is 26.7. The van der Waals surface area contributed by atoms with Crippen molar-refractivity contribution in [2.24, 2.45) is 0 Å². The third-order valence-electron chi connectivity index (χ3n) is 2.46. The molecule has 1 aromatic carbocycles. The Hall–Kier alpha value is -2.21. The molecule has 1 aromatic heterocycles. The summed E-state index contributed by atoms with van der Waals surface area (Å²) in [5.74, 6) is -0.365. The van der Waals surface area contributed by atoms with Gasteiger partial charge in [-0.25, -0.2) is 4.98 Å². The first-order chi connectivity index (χ1) is 9.06. The van der Waals surface area contributed by atoms with Gasteiger partial charge in [-0.1, -0.05) is 0 Å². The number of hydrogen-bond donors (Lipinski definition) is 2. The highest BCUT2D eigenvalue weighted by atomic mass is 32.1. The first-order valence-electron chi connectivity index (χ1n) is 5.64. The summed E-state index contributed by atoms with van der Waals surface area (Å²) in [7, 11) is 0. The fraction of sp³-hybridized carbons (Fsp3) is 0.154. The summed E-state index contributed by atoms with van der Waals surface area (Å²) in [6, 6.07) is 5.30. The summed E-state index contributed by atoms with van der Waals surface area (Å²) in [6.45, 7) is 3.32. The van der Waals surface area contributed by atoms with E-state index in [4.69, 9.17) is 0 Å². The lowest BCUT2D eigenvalue weighted by Gasteiger charge is -2.09. The number of nitrogens with zero attached hydrogens (tertiary/aromatic N) is 1. The highest BCUT2D eigenvalue weighted by Crippen LogP contribution is 2.20. The van der Waals surface area contributed by atoms with Crippen LogP contribution in [0.4, 0.5) is 11.4 Å². The molecule has 0 aliphatic heterocycles. The summed E-state index contributed by atoms with van der Waals surface area (Å²) in [5, 5.41) is 7.17. The SMILES string of the molecule is CC(=O)Nc1ccc(NC(=O)c2cscn2)cc1C. The molecule has 0 radical (unpaired) electrons. The fourth-order valence-electron chi connectivity index (χ4n) is 1.59. The van der Waals surface area contributed by atoms with Crippen molar-refractivity contribution in [3.05, 3.63) is 40.3 Å². The number of rotatable bonds is 3. The van der Waals surface area contributed by atoms with Crippen molar-refractivity contribution in [2.45, 2.75) is 13.8 Å². The van der Waals surface area contributed by atoms with Gasteiger partial charge in [-0.15, -0.1) is 11.3 Å². The molecule has 0 fully saturated rings. The zero-order valence-corrected chi connectivity index (χ0v) is 11.4. The van der Waals surface area contributed by atoms with Crippen LogP contribution < -0.4 is 10.6 Å². The monoisotopic (exact) mass is 275 g/mol. The van der Waals surface area contributed by atoms with Crippen molar-refractivity contribution < 1.29 is 9.59 Å². The number of aryl methyl sites for hydroxylation is 1. The molecule has 2 rings (SSSR count). The molecule has 2 aromatic rings. The third kappa shape index (κ3) is 3.38. The van der Waals surface area contributed by atoms with Crippen molar-refractivity contribution in [3.63, 3.8) is 0 Å². The Kier molecular flexibility index (Phi) is 3.91. The standard InChI is InChI=1S/C13H13N3O2S/c1-8-5-10(3-4-11(8)15-9(2)17)16-13(18)12-6-19-7-14-12/h3-7H,1-2H3,(H,15,17)(H,16,18). The molecule has 0 aliphatic rings. The predicted molar refractivity (Wildman–Crippen MR) is 75.5 cm³/mol. The van der Waals surface area contributed by atoms with Crippen LogP contribution in [0.5, 0.6) is 0 Å². The number of amides is 2. The highest BCUT2D eigenvalue weighted by Gasteiger charge is 2.09. The van der Waals surface area contributed by atoms with E-state index in [9.17, 15) is 9.59 Å². The molecule has 98 valence electrons. The Balaban J connectivity index is 2.12. The Morgan fingerprint density at radius 1 is 1.26 bits per heavy atom. The predicted octanol–water partition coefficient (Wildman–Crippen LogP) is 2.66. The molecule has 19 heavy (non-hydrogen) atoms. The maximum Gasteiger partial charge on any atom is 0.275 e. The topological polar surface area (TPSA) is 71.1 Å². The molecular weight excluding hydrogens is 262 g/mol. The van der Waals surface area contributed by atoms with Crippen molar-refractivity contribution in [1.29, 1.82) is 0 Å². The van der Waals surface area contributed by atoms with Crippen molar-refractivity contribution in [2.75, 3.05) is 10.6 Å². The third-order valence-corrected chi connectivity index (χ3v) is 3.05. The minimum absolute atomic E-state index is 0.123. The van der Waals surface area contributed by atoms with Gasteiger partial charge in [0, 0.05) is 23.7 Å². The first-order valence-corrected chi connectivity index (χ1v) is 6.58. The van der Waals surface area contributed by atoms with Crippen LogP contribution in [0.2, 0.25) is 0 Å². The molecule has 1 heterocycles. The van der Waals surface area contributed by atoms with Gasteiger partial charge in [-0.05, 0) is 30.7 Å². The van der Waals surface area contributed by atoms with Crippen LogP contribution in [0, 0.1) is 6.92 Å². The number of aromatic nitrogens is 1. The van der Waals surface area contributed by atoms with Gasteiger partial charge in [0.15, 0.2) is 0 Å². The van der Waals surface area contributed by atoms with Gasteiger partial charge < -0.3 is 10.6 Å². The van der Waals surface area contributed by atoms with E-state index < -0.39 is 0 Å². The van der Waals surface area contributed by atoms with Crippen LogP contribution >= 0.6 is 11.3 Å². The zero-order valence-electron chi connectivity index (χ0n) is 10.6. The summed E-state index contributed by atoms with van der Waals surface area (Å²) < 4.78 is 0. The van der Waals surface area contributed by atoms with Crippen LogP contribution in [0.25, 0.3) is 0 Å². The van der Waals surface area contributed by atoms with Gasteiger partial charge in [0.05, 0.1) is 5.51 Å². The lowest BCUT2D eigenvalue weighted by Crippen LogP contribution is -2.13. The number of carbonyl (C=O) groups is 2. The molecule has 0 unspecified atom stereocenters. The molecule has 2 amide bonds. The van der Waals surface area contributed by atoms with E-state index in [2.05, 4.69) is 15.6 Å². The maximum absolute atomic E-state index is 11.8. The van der Waals surface area contributed by atoms with E-state index in [0.29, 0.717) is 11.4 Å². The number of carbonyl (C=O) groups excluding carboxylic acids is 2. The van der Waals surface area contributed by atoms with E-state index in [-0.39, 0.29) is 11.8 Å². The van der Waals surface area contributed by atoms with Crippen molar-refractivity contribution in [3.8, 4) is 0 Å².